The Morgan fingerprint density at radius 2 is 1.42 bits per heavy atom. The Morgan fingerprint density at radius 1 is 0.792 bits per heavy atom. The molecule has 0 unspecified atom stereocenters. The Kier molecular flexibility index (Phi) is 3.11. The average Bonchev–Trinajstić information content (AvgIpc) is 2.57. The Hall–Kier alpha value is -3.18. The zero-order valence-corrected chi connectivity index (χ0v) is 13.4. The molecule has 4 rings (SSSR count). The van der Waals surface area contributed by atoms with Crippen LogP contribution in [-0.2, 0) is 4.79 Å². The summed E-state index contributed by atoms with van der Waals surface area (Å²) in [5, 5.41) is 6.54. The van der Waals surface area contributed by atoms with E-state index in [0.717, 1.165) is 43.4 Å². The molecule has 0 aliphatic heterocycles. The minimum absolute atomic E-state index is 0.0634. The summed E-state index contributed by atoms with van der Waals surface area (Å²) in [5.74, 6) is 5.52. The molecule has 114 valence electrons. The number of hydrogen-bond donors (Lipinski definition) is 0. The van der Waals surface area contributed by atoms with Gasteiger partial charge in [0.15, 0.2) is 5.78 Å². The van der Waals surface area contributed by atoms with Crippen molar-refractivity contribution in [2.24, 2.45) is 0 Å². The van der Waals surface area contributed by atoms with Gasteiger partial charge < -0.3 is 0 Å². The van der Waals surface area contributed by atoms with Gasteiger partial charge in [-0.25, -0.2) is 0 Å². The first-order valence-electron chi connectivity index (χ1n) is 7.79. The molecule has 0 N–H and O–H groups in total. The van der Waals surface area contributed by atoms with E-state index in [-0.39, 0.29) is 11.6 Å². The Balaban J connectivity index is 2.16. The topological polar surface area (TPSA) is 34.1 Å². The highest BCUT2D eigenvalue weighted by atomic mass is 16.1. The van der Waals surface area contributed by atoms with Crippen LogP contribution in [0.5, 0.6) is 0 Å². The molecule has 4 aromatic carbocycles. The SMILES string of the molecule is CC(=O)C#Cc1ccc2ccc3cc(C(C)=O)cc4ccc1c2c34. The van der Waals surface area contributed by atoms with Gasteiger partial charge in [-0.3, -0.25) is 9.59 Å². The lowest BCUT2D eigenvalue weighted by atomic mass is 9.90. The summed E-state index contributed by atoms with van der Waals surface area (Å²) in [6.07, 6.45) is 0. The van der Waals surface area contributed by atoms with Crippen LogP contribution in [0.25, 0.3) is 32.3 Å². The Morgan fingerprint density at radius 3 is 2.08 bits per heavy atom. The number of rotatable bonds is 1. The van der Waals surface area contributed by atoms with Crippen molar-refractivity contribution in [1.82, 2.24) is 0 Å². The van der Waals surface area contributed by atoms with Crippen molar-refractivity contribution in [3.05, 3.63) is 59.7 Å². The molecule has 0 aliphatic carbocycles. The lowest BCUT2D eigenvalue weighted by molar-refractivity contribution is -0.111. The molecular formula is C22H14O2. The molecule has 0 fully saturated rings. The van der Waals surface area contributed by atoms with E-state index < -0.39 is 0 Å². The lowest BCUT2D eigenvalue weighted by Crippen LogP contribution is -1.94. The molecule has 0 amide bonds. The molecule has 0 spiro atoms. The van der Waals surface area contributed by atoms with Crippen LogP contribution < -0.4 is 0 Å². The normalized spacial score (nSPS) is 10.9. The first-order valence-corrected chi connectivity index (χ1v) is 7.79. The molecule has 24 heavy (non-hydrogen) atoms. The van der Waals surface area contributed by atoms with E-state index in [1.807, 2.05) is 36.4 Å². The maximum atomic E-state index is 11.8. The highest BCUT2D eigenvalue weighted by Gasteiger charge is 2.12. The van der Waals surface area contributed by atoms with Gasteiger partial charge in [0.1, 0.15) is 0 Å². The number of carbonyl (C=O) groups is 2. The van der Waals surface area contributed by atoms with Crippen LogP contribution >= 0.6 is 0 Å². The fourth-order valence-electron chi connectivity index (χ4n) is 3.29. The summed E-state index contributed by atoms with van der Waals surface area (Å²) < 4.78 is 0. The number of hydrogen-bond acceptors (Lipinski definition) is 2. The summed E-state index contributed by atoms with van der Waals surface area (Å²) in [6, 6.07) is 16.0. The fourth-order valence-corrected chi connectivity index (χ4v) is 3.29. The van der Waals surface area contributed by atoms with Crippen molar-refractivity contribution in [2.45, 2.75) is 13.8 Å². The predicted molar refractivity (Wildman–Crippen MR) is 97.7 cm³/mol. The summed E-state index contributed by atoms with van der Waals surface area (Å²) >= 11 is 0. The van der Waals surface area contributed by atoms with Crippen molar-refractivity contribution in [3.63, 3.8) is 0 Å². The van der Waals surface area contributed by atoms with E-state index in [4.69, 9.17) is 0 Å². The monoisotopic (exact) mass is 310 g/mol. The van der Waals surface area contributed by atoms with E-state index in [0.29, 0.717) is 0 Å². The molecule has 0 saturated carbocycles. The Bertz CT molecular complexity index is 1180. The van der Waals surface area contributed by atoms with Crippen LogP contribution in [0.15, 0.2) is 48.5 Å². The first-order chi connectivity index (χ1) is 11.5. The molecule has 2 nitrogen and oxygen atoms in total. The van der Waals surface area contributed by atoms with Crippen molar-refractivity contribution in [1.29, 1.82) is 0 Å². The van der Waals surface area contributed by atoms with Crippen LogP contribution in [0, 0.1) is 11.8 Å². The second kappa shape index (κ2) is 5.18. The van der Waals surface area contributed by atoms with Crippen LogP contribution in [0.3, 0.4) is 0 Å². The van der Waals surface area contributed by atoms with Gasteiger partial charge >= 0.3 is 0 Å². The fraction of sp³-hybridized carbons (Fsp3) is 0.0909. The van der Waals surface area contributed by atoms with Gasteiger partial charge in [-0.1, -0.05) is 36.3 Å². The van der Waals surface area contributed by atoms with E-state index in [9.17, 15) is 9.59 Å². The number of Topliss-reactive ketones (excluding diaryl/α,β-unsaturated/α-hetero) is 2. The zero-order chi connectivity index (χ0) is 16.8. The molecule has 4 aromatic rings. The van der Waals surface area contributed by atoms with Gasteiger partial charge in [0.2, 0.25) is 5.78 Å². The molecule has 0 aromatic heterocycles. The third-order valence-electron chi connectivity index (χ3n) is 4.38. The Labute approximate surface area is 139 Å². The van der Waals surface area contributed by atoms with E-state index in [2.05, 4.69) is 24.0 Å². The van der Waals surface area contributed by atoms with Crippen LogP contribution in [0.4, 0.5) is 0 Å². The molecule has 0 heterocycles. The van der Waals surface area contributed by atoms with Gasteiger partial charge in [0.25, 0.3) is 0 Å². The van der Waals surface area contributed by atoms with Crippen molar-refractivity contribution in [3.8, 4) is 11.8 Å². The van der Waals surface area contributed by atoms with Crippen LogP contribution in [0.2, 0.25) is 0 Å². The molecule has 0 radical (unpaired) electrons. The summed E-state index contributed by atoms with van der Waals surface area (Å²) in [7, 11) is 0. The first kappa shape index (κ1) is 14.4. The zero-order valence-electron chi connectivity index (χ0n) is 13.4. The minimum atomic E-state index is -0.146. The minimum Gasteiger partial charge on any atom is -0.295 e. The molecule has 0 atom stereocenters. The second-order valence-electron chi connectivity index (χ2n) is 6.05. The summed E-state index contributed by atoms with van der Waals surface area (Å²) in [4.78, 5) is 22.9. The van der Waals surface area contributed by atoms with Crippen LogP contribution in [0.1, 0.15) is 29.8 Å². The number of carbonyl (C=O) groups excluding carboxylic acids is 2. The largest absolute Gasteiger partial charge is 0.295 e. The van der Waals surface area contributed by atoms with Crippen molar-refractivity contribution in [2.75, 3.05) is 0 Å². The van der Waals surface area contributed by atoms with E-state index in [1.165, 1.54) is 6.92 Å². The highest BCUT2D eigenvalue weighted by molar-refractivity contribution is 6.25. The van der Waals surface area contributed by atoms with E-state index in [1.54, 1.807) is 6.92 Å². The third kappa shape index (κ3) is 2.14. The predicted octanol–water partition coefficient (Wildman–Crippen LogP) is 4.73. The quantitative estimate of drug-likeness (QED) is 0.289. The van der Waals surface area contributed by atoms with Crippen molar-refractivity contribution < 1.29 is 9.59 Å². The van der Waals surface area contributed by atoms with Crippen molar-refractivity contribution >= 4 is 43.9 Å². The maximum Gasteiger partial charge on any atom is 0.202 e. The van der Waals surface area contributed by atoms with Gasteiger partial charge in [0.05, 0.1) is 0 Å². The smallest absolute Gasteiger partial charge is 0.202 e. The number of benzene rings is 4. The van der Waals surface area contributed by atoms with Gasteiger partial charge in [-0.15, -0.1) is 0 Å². The summed E-state index contributed by atoms with van der Waals surface area (Å²) in [5.41, 5.74) is 1.57. The maximum absolute atomic E-state index is 11.8. The second-order valence-corrected chi connectivity index (χ2v) is 6.05. The average molecular weight is 310 g/mol. The summed E-state index contributed by atoms with van der Waals surface area (Å²) in [6.45, 7) is 3.05. The molecular weight excluding hydrogens is 296 g/mol. The lowest BCUT2D eigenvalue weighted by Gasteiger charge is -2.13. The molecule has 2 heteroatoms. The van der Waals surface area contributed by atoms with Crippen LogP contribution in [-0.4, -0.2) is 11.6 Å². The highest BCUT2D eigenvalue weighted by Crippen LogP contribution is 2.36. The standard InChI is InChI=1S/C22H14O2/c1-13(23)3-4-15-5-6-16-7-8-17-11-19(14(2)24)12-18-9-10-20(15)22(16)21(17)18/h5-12H,1-2H3. The van der Waals surface area contributed by atoms with E-state index >= 15 is 0 Å². The molecule has 0 aliphatic rings. The van der Waals surface area contributed by atoms with Gasteiger partial charge in [-0.05, 0) is 63.4 Å². The number of ketones is 2. The third-order valence-corrected chi connectivity index (χ3v) is 4.38. The van der Waals surface area contributed by atoms with Gasteiger partial charge in [-0.2, -0.15) is 0 Å². The van der Waals surface area contributed by atoms with Gasteiger partial charge in [0, 0.05) is 18.1 Å². The molecule has 0 bridgehead atoms. The molecule has 0 saturated heterocycles.